The molecule has 2 aromatic heterocycles. The lowest BCUT2D eigenvalue weighted by molar-refractivity contribution is -0.120. The fourth-order valence-corrected chi connectivity index (χ4v) is 1.53. The first-order valence-corrected chi connectivity index (χ1v) is 4.88. The predicted octanol–water partition coefficient (Wildman–Crippen LogP) is -1.53. The molecule has 2 heterocycles. The van der Waals surface area contributed by atoms with Gasteiger partial charge in [0, 0.05) is 7.05 Å². The van der Waals surface area contributed by atoms with Crippen molar-refractivity contribution in [2.75, 3.05) is 0 Å². The summed E-state index contributed by atoms with van der Waals surface area (Å²) in [5.74, 6) is -0.586. The highest BCUT2D eigenvalue weighted by molar-refractivity contribution is 5.80. The van der Waals surface area contributed by atoms with Crippen LogP contribution in [0.15, 0.2) is 15.9 Å². The molecular weight excluding hydrogens is 226 g/mol. The average molecular weight is 237 g/mol. The number of amides is 1. The molecule has 0 saturated carbocycles. The van der Waals surface area contributed by atoms with Crippen molar-refractivity contribution < 1.29 is 4.79 Å². The molecule has 0 saturated heterocycles. The van der Waals surface area contributed by atoms with Crippen LogP contribution in [0.2, 0.25) is 0 Å². The third-order valence-electron chi connectivity index (χ3n) is 2.66. The van der Waals surface area contributed by atoms with E-state index in [0.29, 0.717) is 0 Å². The minimum absolute atomic E-state index is 0.145. The van der Waals surface area contributed by atoms with Crippen LogP contribution in [0.1, 0.15) is 13.0 Å². The molecule has 0 aliphatic heterocycles. The van der Waals surface area contributed by atoms with Crippen molar-refractivity contribution in [2.45, 2.75) is 13.0 Å². The topological polar surface area (TPSA) is 116 Å². The van der Waals surface area contributed by atoms with E-state index < -0.39 is 23.2 Å². The Morgan fingerprint density at radius 2 is 2.18 bits per heavy atom. The number of carbonyl (C=O) groups is 1. The average Bonchev–Trinajstić information content (AvgIpc) is 2.68. The number of hydrogen-bond acceptors (Lipinski definition) is 4. The highest BCUT2D eigenvalue weighted by Crippen LogP contribution is 2.10. The summed E-state index contributed by atoms with van der Waals surface area (Å²) in [5, 5.41) is 0. The molecule has 0 aliphatic carbocycles. The zero-order valence-electron chi connectivity index (χ0n) is 9.30. The minimum atomic E-state index is -0.710. The molecule has 0 aromatic carbocycles. The number of nitrogens with zero attached hydrogens (tertiary/aromatic N) is 3. The largest absolute Gasteiger partial charge is 0.368 e. The third kappa shape index (κ3) is 1.53. The van der Waals surface area contributed by atoms with Crippen LogP contribution in [-0.4, -0.2) is 25.0 Å². The number of nitrogens with two attached hydrogens (primary N) is 1. The van der Waals surface area contributed by atoms with E-state index in [2.05, 4.69) is 9.97 Å². The van der Waals surface area contributed by atoms with Gasteiger partial charge in [-0.15, -0.1) is 0 Å². The molecule has 8 heteroatoms. The van der Waals surface area contributed by atoms with Crippen LogP contribution in [-0.2, 0) is 11.8 Å². The standard InChI is InChI=1S/C9H11N5O3/c1-4(6(10)15)14-3-11-7-5(14)8(16)13(2)9(17)12-7/h3-4H,1-2H3,(H2,10,15)(H,12,17)/t4-/m0/s1. The van der Waals surface area contributed by atoms with E-state index in [4.69, 9.17) is 5.73 Å². The first-order chi connectivity index (χ1) is 7.93. The second kappa shape index (κ2) is 3.58. The summed E-state index contributed by atoms with van der Waals surface area (Å²) in [7, 11) is 1.34. The highest BCUT2D eigenvalue weighted by Gasteiger charge is 2.18. The van der Waals surface area contributed by atoms with Gasteiger partial charge >= 0.3 is 5.69 Å². The van der Waals surface area contributed by atoms with E-state index in [1.54, 1.807) is 6.92 Å². The van der Waals surface area contributed by atoms with Gasteiger partial charge < -0.3 is 10.3 Å². The maximum absolute atomic E-state index is 11.9. The monoisotopic (exact) mass is 237 g/mol. The summed E-state index contributed by atoms with van der Waals surface area (Å²) in [6.07, 6.45) is 1.30. The second-order valence-corrected chi connectivity index (χ2v) is 3.72. The molecular formula is C9H11N5O3. The Morgan fingerprint density at radius 1 is 1.53 bits per heavy atom. The van der Waals surface area contributed by atoms with Crippen LogP contribution in [0, 0.1) is 0 Å². The third-order valence-corrected chi connectivity index (χ3v) is 2.66. The summed E-state index contributed by atoms with van der Waals surface area (Å²) in [6, 6.07) is -0.710. The van der Waals surface area contributed by atoms with Gasteiger partial charge in [0.1, 0.15) is 6.04 Å². The van der Waals surface area contributed by atoms with Gasteiger partial charge in [0.25, 0.3) is 5.56 Å². The van der Waals surface area contributed by atoms with Crippen LogP contribution in [0.3, 0.4) is 0 Å². The Bertz CT molecular complexity index is 707. The van der Waals surface area contributed by atoms with Crippen molar-refractivity contribution in [3.63, 3.8) is 0 Å². The van der Waals surface area contributed by atoms with E-state index in [-0.39, 0.29) is 11.2 Å². The van der Waals surface area contributed by atoms with Crippen molar-refractivity contribution in [1.82, 2.24) is 19.1 Å². The van der Waals surface area contributed by atoms with E-state index in [1.807, 2.05) is 0 Å². The van der Waals surface area contributed by atoms with Crippen LogP contribution in [0.25, 0.3) is 11.2 Å². The first kappa shape index (κ1) is 11.1. The normalized spacial score (nSPS) is 12.8. The van der Waals surface area contributed by atoms with E-state index in [0.717, 1.165) is 4.57 Å². The minimum Gasteiger partial charge on any atom is -0.368 e. The maximum atomic E-state index is 11.9. The van der Waals surface area contributed by atoms with Crippen molar-refractivity contribution in [3.05, 3.63) is 27.2 Å². The molecule has 0 aliphatic rings. The summed E-state index contributed by atoms with van der Waals surface area (Å²) in [5.41, 5.74) is 4.39. The fourth-order valence-electron chi connectivity index (χ4n) is 1.53. The molecule has 0 radical (unpaired) electrons. The van der Waals surface area contributed by atoms with Crippen LogP contribution in [0.4, 0.5) is 0 Å². The number of aromatic amines is 1. The Kier molecular flexibility index (Phi) is 2.34. The molecule has 17 heavy (non-hydrogen) atoms. The molecule has 2 rings (SSSR count). The number of nitrogens with one attached hydrogen (secondary N) is 1. The molecule has 0 fully saturated rings. The Balaban J connectivity index is 2.86. The zero-order chi connectivity index (χ0) is 12.7. The number of rotatable bonds is 2. The lowest BCUT2D eigenvalue weighted by atomic mass is 10.3. The fraction of sp³-hybridized carbons (Fsp3) is 0.333. The molecule has 3 N–H and O–H groups in total. The van der Waals surface area contributed by atoms with Crippen LogP contribution >= 0.6 is 0 Å². The molecule has 8 nitrogen and oxygen atoms in total. The SMILES string of the molecule is C[C@@H](C(N)=O)n1cnc2[nH]c(=O)n(C)c(=O)c21. The van der Waals surface area contributed by atoms with Gasteiger partial charge in [-0.25, -0.2) is 9.78 Å². The Labute approximate surface area is 94.7 Å². The molecule has 90 valence electrons. The molecule has 0 bridgehead atoms. The van der Waals surface area contributed by atoms with Gasteiger partial charge in [-0.3, -0.25) is 19.1 Å². The lowest BCUT2D eigenvalue weighted by Crippen LogP contribution is -2.34. The quantitative estimate of drug-likeness (QED) is 0.659. The first-order valence-electron chi connectivity index (χ1n) is 4.88. The summed E-state index contributed by atoms with van der Waals surface area (Å²) in [4.78, 5) is 40.6. The summed E-state index contributed by atoms with van der Waals surface area (Å²) in [6.45, 7) is 1.55. The predicted molar refractivity (Wildman–Crippen MR) is 59.5 cm³/mol. The van der Waals surface area contributed by atoms with Crippen molar-refractivity contribution in [3.8, 4) is 0 Å². The number of imidazole rings is 1. The van der Waals surface area contributed by atoms with Gasteiger partial charge in [0.15, 0.2) is 11.2 Å². The van der Waals surface area contributed by atoms with Crippen molar-refractivity contribution in [1.29, 1.82) is 0 Å². The number of aromatic nitrogens is 4. The maximum Gasteiger partial charge on any atom is 0.329 e. The molecule has 0 unspecified atom stereocenters. The van der Waals surface area contributed by atoms with Crippen LogP contribution < -0.4 is 17.0 Å². The highest BCUT2D eigenvalue weighted by atomic mass is 16.2. The zero-order valence-corrected chi connectivity index (χ0v) is 9.30. The number of H-pyrrole nitrogens is 1. The Hall–Kier alpha value is -2.38. The van der Waals surface area contributed by atoms with E-state index in [1.165, 1.54) is 17.9 Å². The van der Waals surface area contributed by atoms with Crippen molar-refractivity contribution in [2.24, 2.45) is 12.8 Å². The molecule has 0 spiro atoms. The molecule has 1 atom stereocenters. The summed E-state index contributed by atoms with van der Waals surface area (Å²) >= 11 is 0. The van der Waals surface area contributed by atoms with E-state index >= 15 is 0 Å². The smallest absolute Gasteiger partial charge is 0.329 e. The number of hydrogen-bond donors (Lipinski definition) is 2. The van der Waals surface area contributed by atoms with E-state index in [9.17, 15) is 14.4 Å². The van der Waals surface area contributed by atoms with Gasteiger partial charge in [-0.2, -0.15) is 0 Å². The molecule has 2 aromatic rings. The van der Waals surface area contributed by atoms with Gasteiger partial charge in [-0.05, 0) is 6.92 Å². The van der Waals surface area contributed by atoms with Gasteiger partial charge in [0.05, 0.1) is 6.33 Å². The van der Waals surface area contributed by atoms with Crippen LogP contribution in [0.5, 0.6) is 0 Å². The summed E-state index contributed by atoms with van der Waals surface area (Å²) < 4.78 is 2.25. The Morgan fingerprint density at radius 3 is 2.76 bits per heavy atom. The molecule has 1 amide bonds. The lowest BCUT2D eigenvalue weighted by Gasteiger charge is -2.09. The van der Waals surface area contributed by atoms with Gasteiger partial charge in [0.2, 0.25) is 5.91 Å². The van der Waals surface area contributed by atoms with Crippen molar-refractivity contribution >= 4 is 17.1 Å². The number of primary amides is 1. The number of fused-ring (bicyclic) bond motifs is 1. The van der Waals surface area contributed by atoms with Gasteiger partial charge in [-0.1, -0.05) is 0 Å². The number of carbonyl (C=O) groups excluding carboxylic acids is 1. The second-order valence-electron chi connectivity index (χ2n) is 3.72.